The van der Waals surface area contributed by atoms with Gasteiger partial charge in [-0.3, -0.25) is 4.79 Å². The predicted molar refractivity (Wildman–Crippen MR) is 76.9 cm³/mol. The Morgan fingerprint density at radius 2 is 2.05 bits per heavy atom. The molecule has 4 heteroatoms. The lowest BCUT2D eigenvalue weighted by molar-refractivity contribution is -0.117. The average molecular weight is 263 g/mol. The number of carbonyl (C=O) groups excluding carboxylic acids is 1. The van der Waals surface area contributed by atoms with E-state index in [4.69, 9.17) is 11.0 Å². The van der Waals surface area contributed by atoms with E-state index in [1.807, 2.05) is 30.3 Å². The Balaban J connectivity index is 1.97. The van der Waals surface area contributed by atoms with E-state index in [-0.39, 0.29) is 5.91 Å². The molecule has 98 valence electrons. The average Bonchev–Trinajstić information content (AvgIpc) is 2.75. The summed E-state index contributed by atoms with van der Waals surface area (Å²) < 4.78 is 0. The molecule has 4 nitrogen and oxygen atoms in total. The molecule has 2 aromatic rings. The summed E-state index contributed by atoms with van der Waals surface area (Å²) in [4.78, 5) is 13.9. The number of anilines is 2. The van der Waals surface area contributed by atoms with Gasteiger partial charge in [0.1, 0.15) is 0 Å². The summed E-state index contributed by atoms with van der Waals surface area (Å²) in [7, 11) is 0. The minimum atomic E-state index is 0.0401. The van der Waals surface area contributed by atoms with E-state index in [0.29, 0.717) is 24.2 Å². The van der Waals surface area contributed by atoms with E-state index in [2.05, 4.69) is 6.07 Å². The van der Waals surface area contributed by atoms with Crippen LogP contribution in [0, 0.1) is 11.3 Å². The fraction of sp³-hybridized carbons (Fsp3) is 0.125. The molecule has 3 rings (SSSR count). The van der Waals surface area contributed by atoms with Crippen LogP contribution in [0.5, 0.6) is 0 Å². The number of nitriles is 1. The zero-order chi connectivity index (χ0) is 14.1. The Morgan fingerprint density at radius 3 is 2.85 bits per heavy atom. The molecule has 0 unspecified atom stereocenters. The molecule has 0 bridgehead atoms. The van der Waals surface area contributed by atoms with Gasteiger partial charge in [-0.15, -0.1) is 0 Å². The largest absolute Gasteiger partial charge is 0.399 e. The van der Waals surface area contributed by atoms with Gasteiger partial charge in [0, 0.05) is 11.4 Å². The highest BCUT2D eigenvalue weighted by Crippen LogP contribution is 2.32. The second-order valence-electron chi connectivity index (χ2n) is 4.81. The normalized spacial score (nSPS) is 13.2. The van der Waals surface area contributed by atoms with Crippen LogP contribution in [0.1, 0.15) is 16.7 Å². The first-order valence-corrected chi connectivity index (χ1v) is 6.36. The predicted octanol–water partition coefficient (Wildman–Crippen LogP) is 2.23. The van der Waals surface area contributed by atoms with Crippen LogP contribution in [0.15, 0.2) is 42.5 Å². The molecular formula is C16H13N3O. The van der Waals surface area contributed by atoms with Gasteiger partial charge in [-0.1, -0.05) is 18.2 Å². The molecule has 2 N–H and O–H groups in total. The van der Waals surface area contributed by atoms with Crippen molar-refractivity contribution in [3.05, 3.63) is 59.2 Å². The minimum absolute atomic E-state index is 0.0401. The summed E-state index contributed by atoms with van der Waals surface area (Å²) in [5.74, 6) is 0.0401. The monoisotopic (exact) mass is 263 g/mol. The zero-order valence-electron chi connectivity index (χ0n) is 10.8. The summed E-state index contributed by atoms with van der Waals surface area (Å²) >= 11 is 0. The molecule has 0 saturated carbocycles. The molecule has 1 heterocycles. The lowest BCUT2D eigenvalue weighted by Crippen LogP contribution is -2.26. The van der Waals surface area contributed by atoms with E-state index in [0.717, 1.165) is 16.8 Å². The SMILES string of the molecule is N#Cc1ccccc1CN1C(=O)Cc2cc(N)ccc21. The highest BCUT2D eigenvalue weighted by atomic mass is 16.2. The molecule has 0 atom stereocenters. The van der Waals surface area contributed by atoms with Crippen molar-refractivity contribution >= 4 is 17.3 Å². The Bertz CT molecular complexity index is 731. The number of carbonyl (C=O) groups is 1. The Hall–Kier alpha value is -2.80. The Morgan fingerprint density at radius 1 is 1.25 bits per heavy atom. The molecule has 1 amide bonds. The van der Waals surface area contributed by atoms with E-state index in [9.17, 15) is 4.79 Å². The molecule has 0 saturated heterocycles. The smallest absolute Gasteiger partial charge is 0.231 e. The maximum atomic E-state index is 12.1. The lowest BCUT2D eigenvalue weighted by atomic mass is 10.1. The topological polar surface area (TPSA) is 70.1 Å². The highest BCUT2D eigenvalue weighted by molar-refractivity contribution is 6.01. The number of amides is 1. The van der Waals surface area contributed by atoms with Crippen LogP contribution in [0.4, 0.5) is 11.4 Å². The number of benzene rings is 2. The number of nitrogen functional groups attached to an aromatic ring is 1. The van der Waals surface area contributed by atoms with Gasteiger partial charge in [0.05, 0.1) is 24.6 Å². The van der Waals surface area contributed by atoms with Crippen LogP contribution in [-0.2, 0) is 17.8 Å². The Kier molecular flexibility index (Phi) is 2.88. The van der Waals surface area contributed by atoms with Gasteiger partial charge >= 0.3 is 0 Å². The van der Waals surface area contributed by atoms with Crippen LogP contribution >= 0.6 is 0 Å². The molecule has 0 aliphatic carbocycles. The zero-order valence-corrected chi connectivity index (χ0v) is 10.8. The van der Waals surface area contributed by atoms with Crippen molar-refractivity contribution in [3.63, 3.8) is 0 Å². The molecule has 1 aliphatic rings. The summed E-state index contributed by atoms with van der Waals surface area (Å²) in [6.07, 6.45) is 0.370. The quantitative estimate of drug-likeness (QED) is 0.845. The van der Waals surface area contributed by atoms with Gasteiger partial charge in [0.2, 0.25) is 5.91 Å². The van der Waals surface area contributed by atoms with E-state index >= 15 is 0 Å². The van der Waals surface area contributed by atoms with E-state index in [1.165, 1.54) is 0 Å². The van der Waals surface area contributed by atoms with Crippen LogP contribution in [-0.4, -0.2) is 5.91 Å². The summed E-state index contributed by atoms with van der Waals surface area (Å²) in [5.41, 5.74) is 9.70. The molecule has 0 spiro atoms. The molecule has 0 aromatic heterocycles. The second-order valence-corrected chi connectivity index (χ2v) is 4.81. The van der Waals surface area contributed by atoms with Crippen molar-refractivity contribution in [2.24, 2.45) is 0 Å². The van der Waals surface area contributed by atoms with Gasteiger partial charge in [0.25, 0.3) is 0 Å². The first kappa shape index (κ1) is 12.2. The number of fused-ring (bicyclic) bond motifs is 1. The van der Waals surface area contributed by atoms with Gasteiger partial charge < -0.3 is 10.6 Å². The number of nitrogens with two attached hydrogens (primary N) is 1. The van der Waals surface area contributed by atoms with Crippen LogP contribution in [0.25, 0.3) is 0 Å². The van der Waals surface area contributed by atoms with Crippen molar-refractivity contribution < 1.29 is 4.79 Å². The van der Waals surface area contributed by atoms with Gasteiger partial charge in [-0.25, -0.2) is 0 Å². The van der Waals surface area contributed by atoms with Crippen LogP contribution in [0.3, 0.4) is 0 Å². The number of hydrogen-bond donors (Lipinski definition) is 1. The fourth-order valence-electron chi connectivity index (χ4n) is 2.51. The maximum Gasteiger partial charge on any atom is 0.231 e. The molecule has 0 radical (unpaired) electrons. The fourth-order valence-corrected chi connectivity index (χ4v) is 2.51. The summed E-state index contributed by atoms with van der Waals surface area (Å²) in [6, 6.07) is 15.0. The number of rotatable bonds is 2. The minimum Gasteiger partial charge on any atom is -0.399 e. The number of hydrogen-bond acceptors (Lipinski definition) is 3. The Labute approximate surface area is 117 Å². The summed E-state index contributed by atoms with van der Waals surface area (Å²) in [5, 5.41) is 9.12. The van der Waals surface area contributed by atoms with Gasteiger partial charge in [-0.2, -0.15) is 5.26 Å². The maximum absolute atomic E-state index is 12.1. The first-order chi connectivity index (χ1) is 9.69. The standard InChI is InChI=1S/C16H13N3O/c17-9-11-3-1-2-4-12(11)10-19-15-6-5-14(18)7-13(15)8-16(19)20/h1-7H,8,10,18H2. The lowest BCUT2D eigenvalue weighted by Gasteiger charge is -2.18. The first-order valence-electron chi connectivity index (χ1n) is 6.36. The van der Waals surface area contributed by atoms with Crippen molar-refractivity contribution in [2.45, 2.75) is 13.0 Å². The van der Waals surface area contributed by atoms with E-state index in [1.54, 1.807) is 17.0 Å². The molecule has 2 aromatic carbocycles. The van der Waals surface area contributed by atoms with Gasteiger partial charge in [0.15, 0.2) is 0 Å². The van der Waals surface area contributed by atoms with Crippen LogP contribution in [0.2, 0.25) is 0 Å². The number of nitrogens with zero attached hydrogens (tertiary/aromatic N) is 2. The van der Waals surface area contributed by atoms with Crippen molar-refractivity contribution in [2.75, 3.05) is 10.6 Å². The van der Waals surface area contributed by atoms with Crippen LogP contribution < -0.4 is 10.6 Å². The van der Waals surface area contributed by atoms with Crippen molar-refractivity contribution in [1.29, 1.82) is 5.26 Å². The third-order valence-corrected chi connectivity index (χ3v) is 3.50. The highest BCUT2D eigenvalue weighted by Gasteiger charge is 2.27. The van der Waals surface area contributed by atoms with E-state index < -0.39 is 0 Å². The van der Waals surface area contributed by atoms with Gasteiger partial charge in [-0.05, 0) is 35.4 Å². The third-order valence-electron chi connectivity index (χ3n) is 3.50. The molecule has 1 aliphatic heterocycles. The second kappa shape index (κ2) is 4.71. The third kappa shape index (κ3) is 1.99. The molecule has 20 heavy (non-hydrogen) atoms. The van der Waals surface area contributed by atoms with Crippen molar-refractivity contribution in [3.8, 4) is 6.07 Å². The molecule has 0 fully saturated rings. The molecular weight excluding hydrogens is 250 g/mol. The van der Waals surface area contributed by atoms with Crippen molar-refractivity contribution in [1.82, 2.24) is 0 Å². The summed E-state index contributed by atoms with van der Waals surface area (Å²) in [6.45, 7) is 0.416.